The Kier molecular flexibility index (Phi) is 2.81. The summed E-state index contributed by atoms with van der Waals surface area (Å²) in [4.78, 5) is 4.24. The third-order valence-electron chi connectivity index (χ3n) is 2.39. The fraction of sp³-hybridized carbons (Fsp3) is 0.250. The van der Waals surface area contributed by atoms with Gasteiger partial charge in [-0.3, -0.25) is 0 Å². The molecule has 0 aliphatic rings. The van der Waals surface area contributed by atoms with Crippen molar-refractivity contribution in [3.8, 4) is 17.5 Å². The van der Waals surface area contributed by atoms with Crippen molar-refractivity contribution < 1.29 is 14.2 Å². The first-order chi connectivity index (χ1) is 7.81. The highest BCUT2D eigenvalue weighted by Crippen LogP contribution is 2.37. The quantitative estimate of drug-likeness (QED) is 0.794. The fourth-order valence-electron chi connectivity index (χ4n) is 1.68. The van der Waals surface area contributed by atoms with Gasteiger partial charge in [0.05, 0.1) is 21.3 Å². The molecule has 4 nitrogen and oxygen atoms in total. The molecule has 2 rings (SSSR count). The van der Waals surface area contributed by atoms with Crippen molar-refractivity contribution >= 4 is 10.8 Å². The predicted molar refractivity (Wildman–Crippen MR) is 61.4 cm³/mol. The molecule has 0 aliphatic heterocycles. The van der Waals surface area contributed by atoms with Crippen molar-refractivity contribution in [1.82, 2.24) is 4.98 Å². The lowest BCUT2D eigenvalue weighted by atomic mass is 10.1. The molecule has 84 valence electrons. The van der Waals surface area contributed by atoms with E-state index in [1.165, 1.54) is 0 Å². The van der Waals surface area contributed by atoms with Crippen molar-refractivity contribution in [3.63, 3.8) is 0 Å². The van der Waals surface area contributed by atoms with Gasteiger partial charge in [0.2, 0.25) is 5.88 Å². The highest BCUT2D eigenvalue weighted by molar-refractivity contribution is 5.93. The van der Waals surface area contributed by atoms with Gasteiger partial charge in [0.15, 0.2) is 5.75 Å². The number of nitrogens with zero attached hydrogens (tertiary/aromatic N) is 1. The van der Waals surface area contributed by atoms with Gasteiger partial charge >= 0.3 is 0 Å². The van der Waals surface area contributed by atoms with Crippen LogP contribution in [-0.4, -0.2) is 26.3 Å². The molecule has 0 unspecified atom stereocenters. The van der Waals surface area contributed by atoms with Crippen LogP contribution in [0.4, 0.5) is 0 Å². The van der Waals surface area contributed by atoms with Crippen LogP contribution in [0.3, 0.4) is 0 Å². The minimum Gasteiger partial charge on any atom is -0.491 e. The monoisotopic (exact) mass is 219 g/mol. The molecule has 16 heavy (non-hydrogen) atoms. The van der Waals surface area contributed by atoms with E-state index >= 15 is 0 Å². The molecule has 1 aromatic heterocycles. The molecule has 0 atom stereocenters. The summed E-state index contributed by atoms with van der Waals surface area (Å²) in [5.74, 6) is 1.59. The van der Waals surface area contributed by atoms with Gasteiger partial charge in [0.25, 0.3) is 5.88 Å². The fourth-order valence-corrected chi connectivity index (χ4v) is 1.68. The molecule has 0 bridgehead atoms. The van der Waals surface area contributed by atoms with E-state index in [0.29, 0.717) is 17.5 Å². The number of benzene rings is 1. The van der Waals surface area contributed by atoms with E-state index in [1.54, 1.807) is 21.3 Å². The molecule has 0 saturated carbocycles. The zero-order valence-corrected chi connectivity index (χ0v) is 9.48. The van der Waals surface area contributed by atoms with Crippen LogP contribution >= 0.6 is 0 Å². The Bertz CT molecular complexity index is 511. The van der Waals surface area contributed by atoms with E-state index in [1.807, 2.05) is 24.3 Å². The first-order valence-electron chi connectivity index (χ1n) is 4.86. The summed E-state index contributed by atoms with van der Waals surface area (Å²) in [6.45, 7) is 0. The molecule has 2 aromatic rings. The van der Waals surface area contributed by atoms with Gasteiger partial charge in [-0.2, -0.15) is 4.98 Å². The molecular formula is C12H13NO3. The Morgan fingerprint density at radius 1 is 0.812 bits per heavy atom. The highest BCUT2D eigenvalue weighted by atomic mass is 16.5. The molecule has 0 fully saturated rings. The molecule has 0 aliphatic carbocycles. The van der Waals surface area contributed by atoms with Crippen LogP contribution in [0.1, 0.15) is 0 Å². The van der Waals surface area contributed by atoms with Crippen molar-refractivity contribution in [3.05, 3.63) is 24.3 Å². The van der Waals surface area contributed by atoms with Gasteiger partial charge in [0.1, 0.15) is 0 Å². The van der Waals surface area contributed by atoms with Crippen LogP contribution in [0.5, 0.6) is 17.5 Å². The van der Waals surface area contributed by atoms with E-state index < -0.39 is 0 Å². The smallest absolute Gasteiger partial charge is 0.260 e. The number of fused-ring (bicyclic) bond motifs is 1. The molecule has 4 heteroatoms. The Labute approximate surface area is 93.8 Å². The van der Waals surface area contributed by atoms with Crippen molar-refractivity contribution in [1.29, 1.82) is 0 Å². The van der Waals surface area contributed by atoms with Crippen molar-refractivity contribution in [2.45, 2.75) is 0 Å². The molecule has 1 aromatic carbocycles. The lowest BCUT2D eigenvalue weighted by Gasteiger charge is -2.12. The number of aromatic nitrogens is 1. The first kappa shape index (κ1) is 10.5. The number of ether oxygens (including phenoxy) is 3. The Morgan fingerprint density at radius 3 is 2.00 bits per heavy atom. The van der Waals surface area contributed by atoms with Crippen molar-refractivity contribution in [2.24, 2.45) is 0 Å². The van der Waals surface area contributed by atoms with E-state index in [0.717, 1.165) is 10.8 Å². The average molecular weight is 219 g/mol. The molecule has 1 heterocycles. The standard InChI is InChI=1S/C12H13NO3/c1-14-10-8-6-4-5-7-9(8)11(15-2)13-12(10)16-3/h4-7H,1-3H3. The topological polar surface area (TPSA) is 40.6 Å². The summed E-state index contributed by atoms with van der Waals surface area (Å²) in [6, 6.07) is 7.74. The Balaban J connectivity index is 2.83. The largest absolute Gasteiger partial charge is 0.491 e. The van der Waals surface area contributed by atoms with Crippen molar-refractivity contribution in [2.75, 3.05) is 21.3 Å². The highest BCUT2D eigenvalue weighted by Gasteiger charge is 2.14. The zero-order chi connectivity index (χ0) is 11.5. The predicted octanol–water partition coefficient (Wildman–Crippen LogP) is 2.26. The lowest BCUT2D eigenvalue weighted by Crippen LogP contribution is -1.97. The average Bonchev–Trinajstić information content (AvgIpc) is 2.36. The van der Waals surface area contributed by atoms with E-state index in [4.69, 9.17) is 14.2 Å². The van der Waals surface area contributed by atoms with Gasteiger partial charge in [-0.25, -0.2) is 0 Å². The number of hydrogen-bond acceptors (Lipinski definition) is 4. The second kappa shape index (κ2) is 4.26. The van der Waals surface area contributed by atoms with Gasteiger partial charge in [-0.1, -0.05) is 18.2 Å². The van der Waals surface area contributed by atoms with Crippen LogP contribution in [-0.2, 0) is 0 Å². The van der Waals surface area contributed by atoms with Crippen LogP contribution in [0.2, 0.25) is 0 Å². The molecule has 0 spiro atoms. The molecule has 0 amide bonds. The first-order valence-corrected chi connectivity index (χ1v) is 4.86. The summed E-state index contributed by atoms with van der Waals surface area (Å²) in [5.41, 5.74) is 0. The summed E-state index contributed by atoms with van der Waals surface area (Å²) in [5, 5.41) is 1.83. The normalized spacial score (nSPS) is 10.2. The van der Waals surface area contributed by atoms with E-state index in [9.17, 15) is 0 Å². The minimum absolute atomic E-state index is 0.429. The van der Waals surface area contributed by atoms with E-state index in [2.05, 4.69) is 4.98 Å². The Hall–Kier alpha value is -1.97. The summed E-state index contributed by atoms with van der Waals surface area (Å²) in [7, 11) is 4.73. The minimum atomic E-state index is 0.429. The van der Waals surface area contributed by atoms with Crippen LogP contribution in [0.25, 0.3) is 10.8 Å². The second-order valence-corrected chi connectivity index (χ2v) is 3.21. The number of methoxy groups -OCH3 is 3. The maximum atomic E-state index is 5.31. The van der Waals surface area contributed by atoms with Gasteiger partial charge in [-0.05, 0) is 6.07 Å². The molecule has 0 N–H and O–H groups in total. The summed E-state index contributed by atoms with van der Waals surface area (Å²) < 4.78 is 15.7. The van der Waals surface area contributed by atoms with Gasteiger partial charge in [-0.15, -0.1) is 0 Å². The van der Waals surface area contributed by atoms with Gasteiger partial charge in [0, 0.05) is 10.8 Å². The summed E-state index contributed by atoms with van der Waals surface area (Å²) in [6.07, 6.45) is 0. The maximum absolute atomic E-state index is 5.31. The Morgan fingerprint density at radius 2 is 1.44 bits per heavy atom. The number of rotatable bonds is 3. The second-order valence-electron chi connectivity index (χ2n) is 3.21. The molecule has 0 radical (unpaired) electrons. The molecule has 0 saturated heterocycles. The SMILES string of the molecule is COc1nc(OC)c2ccccc2c1OC. The summed E-state index contributed by atoms with van der Waals surface area (Å²) >= 11 is 0. The third kappa shape index (κ3) is 1.52. The van der Waals surface area contributed by atoms with Crippen LogP contribution < -0.4 is 14.2 Å². The molecular weight excluding hydrogens is 206 g/mol. The van der Waals surface area contributed by atoms with Gasteiger partial charge < -0.3 is 14.2 Å². The number of pyridine rings is 1. The van der Waals surface area contributed by atoms with Crippen LogP contribution in [0, 0.1) is 0 Å². The third-order valence-corrected chi connectivity index (χ3v) is 2.39. The maximum Gasteiger partial charge on any atom is 0.260 e. The lowest BCUT2D eigenvalue weighted by molar-refractivity contribution is 0.334. The zero-order valence-electron chi connectivity index (χ0n) is 9.48. The van der Waals surface area contributed by atoms with Crippen LogP contribution in [0.15, 0.2) is 24.3 Å². The number of hydrogen-bond donors (Lipinski definition) is 0. The van der Waals surface area contributed by atoms with E-state index in [-0.39, 0.29) is 0 Å².